The average molecular weight is 353 g/mol. The van der Waals surface area contributed by atoms with Crippen molar-refractivity contribution in [2.45, 2.75) is 13.3 Å². The van der Waals surface area contributed by atoms with E-state index in [4.69, 9.17) is 0 Å². The molecule has 0 aliphatic heterocycles. The Morgan fingerprint density at radius 3 is 2.38 bits per heavy atom. The van der Waals surface area contributed by atoms with Gasteiger partial charge in [-0.3, -0.25) is 4.79 Å². The molecule has 3 rings (SSSR count). The Kier molecular flexibility index (Phi) is 5.22. The van der Waals surface area contributed by atoms with Crippen LogP contribution in [-0.4, -0.2) is 10.9 Å². The number of nitrogens with zero attached hydrogens (tertiary/aromatic N) is 1. The molecule has 4 nitrogen and oxygen atoms in total. The molecule has 0 saturated carbocycles. The SMILES string of the molecule is CCc1ccc(Nc2cc(C(=O)Nc3c(F)cccc3F)ccn2)cc1. The molecule has 1 aromatic heterocycles. The molecule has 2 aromatic carbocycles. The minimum absolute atomic E-state index is 0.232. The smallest absolute Gasteiger partial charge is 0.256 e. The summed E-state index contributed by atoms with van der Waals surface area (Å²) in [5, 5.41) is 5.35. The van der Waals surface area contributed by atoms with Crippen LogP contribution in [-0.2, 0) is 6.42 Å². The first-order chi connectivity index (χ1) is 12.6. The predicted molar refractivity (Wildman–Crippen MR) is 97.7 cm³/mol. The highest BCUT2D eigenvalue weighted by atomic mass is 19.1. The van der Waals surface area contributed by atoms with Crippen molar-refractivity contribution in [1.29, 1.82) is 0 Å². The lowest BCUT2D eigenvalue weighted by molar-refractivity contribution is 0.102. The van der Waals surface area contributed by atoms with Gasteiger partial charge in [0.2, 0.25) is 0 Å². The molecule has 26 heavy (non-hydrogen) atoms. The third-order valence-corrected chi connectivity index (χ3v) is 3.86. The van der Waals surface area contributed by atoms with Crippen molar-refractivity contribution in [1.82, 2.24) is 4.98 Å². The third kappa shape index (κ3) is 4.03. The highest BCUT2D eigenvalue weighted by Gasteiger charge is 2.14. The molecule has 0 saturated heterocycles. The maximum atomic E-state index is 13.7. The highest BCUT2D eigenvalue weighted by molar-refractivity contribution is 6.04. The number of hydrogen-bond acceptors (Lipinski definition) is 3. The van der Waals surface area contributed by atoms with Gasteiger partial charge in [0, 0.05) is 17.4 Å². The molecule has 0 aliphatic rings. The number of aromatic nitrogens is 1. The second-order valence-electron chi connectivity index (χ2n) is 5.66. The summed E-state index contributed by atoms with van der Waals surface area (Å²) in [6.07, 6.45) is 2.40. The molecule has 3 aromatic rings. The van der Waals surface area contributed by atoms with Gasteiger partial charge in [-0.1, -0.05) is 25.1 Å². The molecule has 0 radical (unpaired) electrons. The maximum Gasteiger partial charge on any atom is 0.256 e. The van der Waals surface area contributed by atoms with Crippen LogP contribution < -0.4 is 10.6 Å². The first-order valence-electron chi connectivity index (χ1n) is 8.14. The fourth-order valence-electron chi connectivity index (χ4n) is 2.41. The van der Waals surface area contributed by atoms with Gasteiger partial charge in [-0.25, -0.2) is 13.8 Å². The summed E-state index contributed by atoms with van der Waals surface area (Å²) < 4.78 is 27.4. The monoisotopic (exact) mass is 353 g/mol. The minimum Gasteiger partial charge on any atom is -0.340 e. The summed E-state index contributed by atoms with van der Waals surface area (Å²) in [6, 6.07) is 14.2. The van der Waals surface area contributed by atoms with Crippen LogP contribution >= 0.6 is 0 Å². The van der Waals surface area contributed by atoms with Gasteiger partial charge in [0.15, 0.2) is 0 Å². The molecule has 0 aliphatic carbocycles. The van der Waals surface area contributed by atoms with E-state index in [-0.39, 0.29) is 5.56 Å². The largest absolute Gasteiger partial charge is 0.340 e. The molecule has 0 bridgehead atoms. The van der Waals surface area contributed by atoms with Gasteiger partial charge in [-0.05, 0) is 48.4 Å². The Hall–Kier alpha value is -3.28. The Morgan fingerprint density at radius 1 is 1.04 bits per heavy atom. The molecule has 0 unspecified atom stereocenters. The lowest BCUT2D eigenvalue weighted by Crippen LogP contribution is -2.14. The standard InChI is InChI=1S/C20H17F2N3O/c1-2-13-6-8-15(9-7-13)24-18-12-14(10-11-23-18)20(26)25-19-16(21)4-3-5-17(19)22/h3-12H,2H2,1H3,(H,23,24)(H,25,26). The Labute approximate surface area is 149 Å². The van der Waals surface area contributed by atoms with E-state index < -0.39 is 23.2 Å². The van der Waals surface area contributed by atoms with E-state index in [9.17, 15) is 13.6 Å². The summed E-state index contributed by atoms with van der Waals surface area (Å²) in [5.41, 5.74) is 1.80. The van der Waals surface area contributed by atoms with Crippen LogP contribution in [0.3, 0.4) is 0 Å². The number of rotatable bonds is 5. The number of amides is 1. The summed E-state index contributed by atoms with van der Waals surface area (Å²) in [6.45, 7) is 2.07. The van der Waals surface area contributed by atoms with Gasteiger partial charge in [0.05, 0.1) is 0 Å². The highest BCUT2D eigenvalue weighted by Crippen LogP contribution is 2.20. The number of nitrogens with one attached hydrogen (secondary N) is 2. The van der Waals surface area contributed by atoms with Gasteiger partial charge < -0.3 is 10.6 Å². The number of para-hydroxylation sites is 1. The molecule has 1 amide bonds. The van der Waals surface area contributed by atoms with E-state index in [1.807, 2.05) is 24.3 Å². The topological polar surface area (TPSA) is 54.0 Å². The van der Waals surface area contributed by atoms with Crippen molar-refractivity contribution in [2.75, 3.05) is 10.6 Å². The van der Waals surface area contributed by atoms with E-state index in [0.717, 1.165) is 24.2 Å². The number of carbonyl (C=O) groups excluding carboxylic acids is 1. The lowest BCUT2D eigenvalue weighted by Gasteiger charge is -2.10. The van der Waals surface area contributed by atoms with Crippen LogP contribution in [0.2, 0.25) is 0 Å². The van der Waals surface area contributed by atoms with Crippen LogP contribution in [0.25, 0.3) is 0 Å². The summed E-state index contributed by atoms with van der Waals surface area (Å²) in [5.74, 6) is -1.83. The lowest BCUT2D eigenvalue weighted by atomic mass is 10.1. The van der Waals surface area contributed by atoms with Crippen LogP contribution in [0.1, 0.15) is 22.8 Å². The quantitative estimate of drug-likeness (QED) is 0.685. The zero-order chi connectivity index (χ0) is 18.5. The number of aryl methyl sites for hydroxylation is 1. The number of hydrogen-bond donors (Lipinski definition) is 2. The molecular formula is C20H17F2N3O. The van der Waals surface area contributed by atoms with Crippen LogP contribution in [0, 0.1) is 11.6 Å². The van der Waals surface area contributed by atoms with Crippen molar-refractivity contribution in [3.8, 4) is 0 Å². The van der Waals surface area contributed by atoms with E-state index in [1.165, 1.54) is 30.0 Å². The second kappa shape index (κ2) is 7.74. The number of benzene rings is 2. The number of pyridine rings is 1. The normalized spacial score (nSPS) is 10.4. The zero-order valence-electron chi connectivity index (χ0n) is 14.1. The van der Waals surface area contributed by atoms with Crippen molar-refractivity contribution < 1.29 is 13.6 Å². The Balaban J connectivity index is 1.76. The van der Waals surface area contributed by atoms with Crippen LogP contribution in [0.4, 0.5) is 26.0 Å². The molecule has 2 N–H and O–H groups in total. The summed E-state index contributed by atoms with van der Waals surface area (Å²) in [7, 11) is 0. The van der Waals surface area contributed by atoms with Crippen LogP contribution in [0.5, 0.6) is 0 Å². The van der Waals surface area contributed by atoms with Crippen molar-refractivity contribution in [3.63, 3.8) is 0 Å². The van der Waals surface area contributed by atoms with Gasteiger partial charge in [0.25, 0.3) is 5.91 Å². The van der Waals surface area contributed by atoms with Gasteiger partial charge in [-0.15, -0.1) is 0 Å². The molecule has 6 heteroatoms. The first kappa shape index (κ1) is 17.5. The van der Waals surface area contributed by atoms with Crippen molar-refractivity contribution >= 4 is 23.1 Å². The number of halogens is 2. The van der Waals surface area contributed by atoms with Gasteiger partial charge in [-0.2, -0.15) is 0 Å². The number of anilines is 3. The van der Waals surface area contributed by atoms with E-state index in [2.05, 4.69) is 22.5 Å². The average Bonchev–Trinajstić information content (AvgIpc) is 2.65. The van der Waals surface area contributed by atoms with E-state index in [1.54, 1.807) is 0 Å². The van der Waals surface area contributed by atoms with Crippen LogP contribution in [0.15, 0.2) is 60.8 Å². The summed E-state index contributed by atoms with van der Waals surface area (Å²) >= 11 is 0. The zero-order valence-corrected chi connectivity index (χ0v) is 14.1. The first-order valence-corrected chi connectivity index (χ1v) is 8.14. The third-order valence-electron chi connectivity index (χ3n) is 3.86. The number of carbonyl (C=O) groups is 1. The molecular weight excluding hydrogens is 336 g/mol. The van der Waals surface area contributed by atoms with Gasteiger partial charge >= 0.3 is 0 Å². The molecule has 132 valence electrons. The van der Waals surface area contributed by atoms with Crippen molar-refractivity contribution in [3.05, 3.63) is 83.6 Å². The fourth-order valence-corrected chi connectivity index (χ4v) is 2.41. The maximum absolute atomic E-state index is 13.7. The predicted octanol–water partition coefficient (Wildman–Crippen LogP) is 4.92. The Bertz CT molecular complexity index is 906. The second-order valence-corrected chi connectivity index (χ2v) is 5.66. The minimum atomic E-state index is -0.832. The van der Waals surface area contributed by atoms with E-state index in [0.29, 0.717) is 5.82 Å². The summed E-state index contributed by atoms with van der Waals surface area (Å²) in [4.78, 5) is 16.5. The molecule has 0 atom stereocenters. The van der Waals surface area contributed by atoms with Gasteiger partial charge in [0.1, 0.15) is 23.1 Å². The molecule has 0 fully saturated rings. The van der Waals surface area contributed by atoms with E-state index >= 15 is 0 Å². The van der Waals surface area contributed by atoms with Crippen molar-refractivity contribution in [2.24, 2.45) is 0 Å². The Morgan fingerprint density at radius 2 is 1.73 bits per heavy atom. The molecule has 1 heterocycles. The molecule has 0 spiro atoms. The fraction of sp³-hybridized carbons (Fsp3) is 0.100.